The van der Waals surface area contributed by atoms with Gasteiger partial charge in [0.05, 0.1) is 11.9 Å². The Balaban J connectivity index is 1.92. The molecule has 1 saturated heterocycles. The molecular formula is C14H25N5O. The molecule has 2 heterocycles. The van der Waals surface area contributed by atoms with Crippen LogP contribution in [0.5, 0.6) is 0 Å². The molecule has 20 heavy (non-hydrogen) atoms. The number of carbonyl (C=O) groups is 1. The topological polar surface area (TPSA) is 76.2 Å². The van der Waals surface area contributed by atoms with E-state index in [1.807, 2.05) is 33.3 Å². The fourth-order valence-corrected chi connectivity index (χ4v) is 2.47. The second kappa shape index (κ2) is 6.26. The van der Waals surface area contributed by atoms with E-state index < -0.39 is 0 Å². The summed E-state index contributed by atoms with van der Waals surface area (Å²) in [5, 5.41) is 7.32. The van der Waals surface area contributed by atoms with Gasteiger partial charge in [-0.15, -0.1) is 0 Å². The Hall–Kier alpha value is -1.56. The second-order valence-corrected chi connectivity index (χ2v) is 5.81. The van der Waals surface area contributed by atoms with E-state index in [9.17, 15) is 4.79 Å². The van der Waals surface area contributed by atoms with Crippen LogP contribution in [0.15, 0.2) is 12.4 Å². The van der Waals surface area contributed by atoms with Crippen molar-refractivity contribution in [2.45, 2.75) is 38.8 Å². The molecule has 1 aliphatic heterocycles. The Morgan fingerprint density at radius 1 is 1.55 bits per heavy atom. The third-order valence-electron chi connectivity index (χ3n) is 4.03. The van der Waals surface area contributed by atoms with E-state index in [0.717, 1.165) is 31.6 Å². The van der Waals surface area contributed by atoms with Crippen molar-refractivity contribution in [2.75, 3.05) is 18.0 Å². The maximum atomic E-state index is 12.1. The Kier molecular flexibility index (Phi) is 4.65. The first kappa shape index (κ1) is 14.8. The van der Waals surface area contributed by atoms with Crippen LogP contribution in [0.25, 0.3) is 0 Å². The highest BCUT2D eigenvalue weighted by atomic mass is 16.2. The molecule has 0 aliphatic carbocycles. The van der Waals surface area contributed by atoms with Crippen LogP contribution in [0.4, 0.5) is 5.69 Å². The van der Waals surface area contributed by atoms with Gasteiger partial charge in [-0.1, -0.05) is 6.92 Å². The molecule has 1 aromatic heterocycles. The summed E-state index contributed by atoms with van der Waals surface area (Å²) < 4.78 is 1.80. The van der Waals surface area contributed by atoms with Crippen LogP contribution in [-0.2, 0) is 11.8 Å². The maximum Gasteiger partial charge on any atom is 0.224 e. The maximum absolute atomic E-state index is 12.1. The molecule has 0 bridgehead atoms. The fourth-order valence-electron chi connectivity index (χ4n) is 2.47. The average Bonchev–Trinajstić information content (AvgIpc) is 2.84. The van der Waals surface area contributed by atoms with E-state index in [0.29, 0.717) is 0 Å². The van der Waals surface area contributed by atoms with E-state index in [1.165, 1.54) is 0 Å². The molecule has 2 rings (SSSR count). The van der Waals surface area contributed by atoms with Gasteiger partial charge in [0, 0.05) is 44.3 Å². The fraction of sp³-hybridized carbons (Fsp3) is 0.714. The molecule has 3 unspecified atom stereocenters. The molecule has 0 radical (unpaired) electrons. The summed E-state index contributed by atoms with van der Waals surface area (Å²) in [5.41, 5.74) is 6.90. The minimum atomic E-state index is -0.149. The SMILES string of the molecule is CC(N)C(C)C(=O)NC1CCCN(c2cnn(C)c2)C1. The summed E-state index contributed by atoms with van der Waals surface area (Å²) in [5.74, 6) is -0.0956. The Bertz CT molecular complexity index is 456. The lowest BCUT2D eigenvalue weighted by Crippen LogP contribution is -2.50. The lowest BCUT2D eigenvalue weighted by molar-refractivity contribution is -0.125. The van der Waals surface area contributed by atoms with Gasteiger partial charge in [0.15, 0.2) is 0 Å². The summed E-state index contributed by atoms with van der Waals surface area (Å²) in [6, 6.07) is 0.0747. The first-order valence-corrected chi connectivity index (χ1v) is 7.27. The van der Waals surface area contributed by atoms with Crippen molar-refractivity contribution in [3.63, 3.8) is 0 Å². The van der Waals surface area contributed by atoms with Gasteiger partial charge in [-0.25, -0.2) is 0 Å². The molecule has 0 aromatic carbocycles. The zero-order valence-electron chi connectivity index (χ0n) is 12.5. The number of nitrogens with two attached hydrogens (primary N) is 1. The van der Waals surface area contributed by atoms with Crippen molar-refractivity contribution in [3.05, 3.63) is 12.4 Å². The molecule has 6 heteroatoms. The van der Waals surface area contributed by atoms with Crippen LogP contribution in [0, 0.1) is 5.92 Å². The van der Waals surface area contributed by atoms with Crippen molar-refractivity contribution < 1.29 is 4.79 Å². The van der Waals surface area contributed by atoms with E-state index in [2.05, 4.69) is 15.3 Å². The zero-order valence-corrected chi connectivity index (χ0v) is 12.5. The zero-order chi connectivity index (χ0) is 14.7. The number of aryl methyl sites for hydroxylation is 1. The van der Waals surface area contributed by atoms with Crippen molar-refractivity contribution in [1.82, 2.24) is 15.1 Å². The molecular weight excluding hydrogens is 254 g/mol. The third-order valence-corrected chi connectivity index (χ3v) is 4.03. The lowest BCUT2D eigenvalue weighted by atomic mass is 10.0. The predicted octanol–water partition coefficient (Wildman–Crippen LogP) is 0.488. The van der Waals surface area contributed by atoms with Crippen molar-refractivity contribution in [2.24, 2.45) is 18.7 Å². The van der Waals surface area contributed by atoms with Gasteiger partial charge in [0.25, 0.3) is 0 Å². The normalized spacial score (nSPS) is 22.4. The largest absolute Gasteiger partial charge is 0.367 e. The molecule has 6 nitrogen and oxygen atoms in total. The van der Waals surface area contributed by atoms with Crippen LogP contribution >= 0.6 is 0 Å². The lowest BCUT2D eigenvalue weighted by Gasteiger charge is -2.34. The van der Waals surface area contributed by atoms with Crippen LogP contribution in [0.3, 0.4) is 0 Å². The van der Waals surface area contributed by atoms with E-state index in [4.69, 9.17) is 5.73 Å². The molecule has 0 saturated carbocycles. The third kappa shape index (κ3) is 3.50. The smallest absolute Gasteiger partial charge is 0.224 e. The van der Waals surface area contributed by atoms with Gasteiger partial charge in [0.1, 0.15) is 0 Å². The molecule has 1 aromatic rings. The summed E-state index contributed by atoms with van der Waals surface area (Å²) in [6.07, 6.45) is 5.98. The Morgan fingerprint density at radius 3 is 2.90 bits per heavy atom. The minimum Gasteiger partial charge on any atom is -0.367 e. The number of anilines is 1. The molecule has 3 atom stereocenters. The highest BCUT2D eigenvalue weighted by Gasteiger charge is 2.25. The number of hydrogen-bond donors (Lipinski definition) is 2. The molecule has 3 N–H and O–H groups in total. The quantitative estimate of drug-likeness (QED) is 0.841. The van der Waals surface area contributed by atoms with Crippen molar-refractivity contribution in [1.29, 1.82) is 0 Å². The Labute approximate surface area is 120 Å². The van der Waals surface area contributed by atoms with E-state index >= 15 is 0 Å². The standard InChI is InChI=1S/C14H25N5O/c1-10(11(2)15)14(20)17-12-5-4-6-19(8-12)13-7-16-18(3)9-13/h7,9-12H,4-6,8,15H2,1-3H3,(H,17,20). The van der Waals surface area contributed by atoms with E-state index in [1.54, 1.807) is 4.68 Å². The highest BCUT2D eigenvalue weighted by Crippen LogP contribution is 2.19. The predicted molar refractivity (Wildman–Crippen MR) is 79.4 cm³/mol. The number of rotatable bonds is 4. The Morgan fingerprint density at radius 2 is 2.30 bits per heavy atom. The van der Waals surface area contributed by atoms with Gasteiger partial charge in [0.2, 0.25) is 5.91 Å². The van der Waals surface area contributed by atoms with Gasteiger partial charge < -0.3 is 16.0 Å². The van der Waals surface area contributed by atoms with Gasteiger partial charge in [-0.2, -0.15) is 5.10 Å². The van der Waals surface area contributed by atoms with Crippen molar-refractivity contribution in [3.8, 4) is 0 Å². The minimum absolute atomic E-state index is 0.0537. The first-order chi connectivity index (χ1) is 9.47. The van der Waals surface area contributed by atoms with Gasteiger partial charge in [-0.05, 0) is 19.8 Å². The number of nitrogens with one attached hydrogen (secondary N) is 1. The average molecular weight is 279 g/mol. The number of carbonyl (C=O) groups excluding carboxylic acids is 1. The summed E-state index contributed by atoms with van der Waals surface area (Å²) in [7, 11) is 1.91. The molecule has 0 spiro atoms. The molecule has 1 amide bonds. The van der Waals surface area contributed by atoms with Crippen LogP contribution in [0.1, 0.15) is 26.7 Å². The van der Waals surface area contributed by atoms with Crippen molar-refractivity contribution >= 4 is 11.6 Å². The first-order valence-electron chi connectivity index (χ1n) is 7.27. The molecule has 112 valence electrons. The highest BCUT2D eigenvalue weighted by molar-refractivity contribution is 5.79. The number of aromatic nitrogens is 2. The number of hydrogen-bond acceptors (Lipinski definition) is 4. The van der Waals surface area contributed by atoms with Crippen LogP contribution < -0.4 is 16.0 Å². The van der Waals surface area contributed by atoms with Gasteiger partial charge >= 0.3 is 0 Å². The molecule has 1 fully saturated rings. The van der Waals surface area contributed by atoms with Gasteiger partial charge in [-0.3, -0.25) is 9.48 Å². The number of piperidine rings is 1. The van der Waals surface area contributed by atoms with Crippen LogP contribution in [-0.4, -0.2) is 40.9 Å². The summed E-state index contributed by atoms with van der Waals surface area (Å²) in [6.45, 7) is 5.60. The molecule has 1 aliphatic rings. The van der Waals surface area contributed by atoms with E-state index in [-0.39, 0.29) is 23.9 Å². The summed E-state index contributed by atoms with van der Waals surface area (Å²) in [4.78, 5) is 14.3. The van der Waals surface area contributed by atoms with Crippen LogP contribution in [0.2, 0.25) is 0 Å². The number of nitrogens with zero attached hydrogens (tertiary/aromatic N) is 3. The number of amides is 1. The summed E-state index contributed by atoms with van der Waals surface area (Å²) >= 11 is 0. The monoisotopic (exact) mass is 279 g/mol. The second-order valence-electron chi connectivity index (χ2n) is 5.81.